The van der Waals surface area contributed by atoms with Crippen molar-refractivity contribution in [3.05, 3.63) is 23.8 Å². The molecule has 2 aromatic rings. The zero-order valence-electron chi connectivity index (χ0n) is 8.06. The minimum Gasteiger partial charge on any atom is -0.504 e. The minimum absolute atomic E-state index is 0.129. The van der Waals surface area contributed by atoms with Gasteiger partial charge in [-0.1, -0.05) is 5.16 Å². The summed E-state index contributed by atoms with van der Waals surface area (Å²) in [5.41, 5.74) is 7.10. The first kappa shape index (κ1) is 9.39. The summed E-state index contributed by atoms with van der Waals surface area (Å²) in [4.78, 5) is 0. The van der Waals surface area contributed by atoms with Gasteiger partial charge < -0.3 is 20.5 Å². The summed E-state index contributed by atoms with van der Waals surface area (Å²) in [6, 6.07) is 4.64. The van der Waals surface area contributed by atoms with Gasteiger partial charge in [0.2, 0.25) is 5.88 Å². The van der Waals surface area contributed by atoms with Crippen LogP contribution in [0, 0.1) is 6.92 Å². The van der Waals surface area contributed by atoms with Crippen LogP contribution >= 0.6 is 0 Å². The third-order valence-electron chi connectivity index (χ3n) is 2.10. The molecule has 0 aliphatic heterocycles. The van der Waals surface area contributed by atoms with E-state index in [1.165, 1.54) is 6.07 Å². The van der Waals surface area contributed by atoms with E-state index in [1.54, 1.807) is 19.1 Å². The highest BCUT2D eigenvalue weighted by Crippen LogP contribution is 2.33. The van der Waals surface area contributed by atoms with E-state index in [9.17, 15) is 10.2 Å². The van der Waals surface area contributed by atoms with Gasteiger partial charge >= 0.3 is 0 Å². The van der Waals surface area contributed by atoms with Crippen LogP contribution in [0.4, 0.5) is 5.88 Å². The largest absolute Gasteiger partial charge is 0.504 e. The van der Waals surface area contributed by atoms with Gasteiger partial charge in [0.1, 0.15) is 5.69 Å². The average Bonchev–Trinajstić information content (AvgIpc) is 2.60. The fraction of sp³-hybridized carbons (Fsp3) is 0.100. The van der Waals surface area contributed by atoms with Crippen LogP contribution in [0.15, 0.2) is 22.7 Å². The summed E-state index contributed by atoms with van der Waals surface area (Å²) in [5.74, 6) is -0.114. The third kappa shape index (κ3) is 1.59. The number of phenolic OH excluding ortho intramolecular Hbond substituents is 2. The Bertz CT molecular complexity index is 482. The van der Waals surface area contributed by atoms with E-state index in [2.05, 4.69) is 5.16 Å². The first-order chi connectivity index (χ1) is 7.08. The normalized spacial score (nSPS) is 10.5. The SMILES string of the molecule is Cc1cc(-c2cc(N)on2)cc(O)c1O. The van der Waals surface area contributed by atoms with E-state index in [1.807, 2.05) is 0 Å². The zero-order chi connectivity index (χ0) is 11.0. The highest BCUT2D eigenvalue weighted by Gasteiger charge is 2.10. The monoisotopic (exact) mass is 206 g/mol. The molecule has 2 rings (SSSR count). The maximum Gasteiger partial charge on any atom is 0.222 e. The Morgan fingerprint density at radius 3 is 2.53 bits per heavy atom. The number of benzene rings is 1. The van der Waals surface area contributed by atoms with Crippen molar-refractivity contribution in [3.8, 4) is 22.8 Å². The van der Waals surface area contributed by atoms with Gasteiger partial charge in [-0.05, 0) is 24.6 Å². The number of nitrogen functional groups attached to an aromatic ring is 1. The zero-order valence-corrected chi connectivity index (χ0v) is 8.06. The van der Waals surface area contributed by atoms with Crippen molar-refractivity contribution < 1.29 is 14.7 Å². The second-order valence-electron chi connectivity index (χ2n) is 3.28. The van der Waals surface area contributed by atoms with Gasteiger partial charge in [-0.15, -0.1) is 0 Å². The summed E-state index contributed by atoms with van der Waals surface area (Å²) in [7, 11) is 0. The van der Waals surface area contributed by atoms with Crippen LogP contribution in [-0.4, -0.2) is 15.4 Å². The number of hydrogen-bond donors (Lipinski definition) is 3. The van der Waals surface area contributed by atoms with Crippen molar-refractivity contribution in [3.63, 3.8) is 0 Å². The van der Waals surface area contributed by atoms with Crippen molar-refractivity contribution >= 4 is 5.88 Å². The summed E-state index contributed by atoms with van der Waals surface area (Å²) >= 11 is 0. The van der Waals surface area contributed by atoms with Crippen molar-refractivity contribution in [2.75, 3.05) is 5.73 Å². The summed E-state index contributed by atoms with van der Waals surface area (Å²) in [6.07, 6.45) is 0. The Kier molecular flexibility index (Phi) is 2.00. The second-order valence-corrected chi connectivity index (χ2v) is 3.28. The molecule has 4 N–H and O–H groups in total. The molecule has 5 nitrogen and oxygen atoms in total. The van der Waals surface area contributed by atoms with E-state index < -0.39 is 0 Å². The number of nitrogens with two attached hydrogens (primary N) is 1. The van der Waals surface area contributed by atoms with Crippen LogP contribution in [0.5, 0.6) is 11.5 Å². The molecule has 1 aromatic carbocycles. The quantitative estimate of drug-likeness (QED) is 0.617. The molecule has 0 unspecified atom stereocenters. The summed E-state index contributed by atoms with van der Waals surface area (Å²) in [5, 5.41) is 22.5. The van der Waals surface area contributed by atoms with Gasteiger partial charge in [0, 0.05) is 11.6 Å². The molecule has 1 heterocycles. The van der Waals surface area contributed by atoms with Crippen LogP contribution in [0.2, 0.25) is 0 Å². The van der Waals surface area contributed by atoms with Crippen LogP contribution < -0.4 is 5.73 Å². The van der Waals surface area contributed by atoms with Crippen molar-refractivity contribution in [2.24, 2.45) is 0 Å². The Morgan fingerprint density at radius 2 is 2.00 bits per heavy atom. The second kappa shape index (κ2) is 3.20. The van der Waals surface area contributed by atoms with Gasteiger partial charge in [-0.3, -0.25) is 0 Å². The van der Waals surface area contributed by atoms with E-state index in [4.69, 9.17) is 10.3 Å². The lowest BCUT2D eigenvalue weighted by Crippen LogP contribution is -1.82. The number of nitrogens with zero attached hydrogens (tertiary/aromatic N) is 1. The lowest BCUT2D eigenvalue weighted by molar-refractivity contribution is 0.401. The van der Waals surface area contributed by atoms with E-state index in [0.717, 1.165) is 0 Å². The maximum atomic E-state index is 9.41. The molecular weight excluding hydrogens is 196 g/mol. The minimum atomic E-state index is -0.188. The van der Waals surface area contributed by atoms with Crippen LogP contribution in [0.3, 0.4) is 0 Å². The number of phenols is 2. The van der Waals surface area contributed by atoms with E-state index in [-0.39, 0.29) is 17.4 Å². The number of aromatic hydroxyl groups is 2. The first-order valence-electron chi connectivity index (χ1n) is 4.33. The average molecular weight is 206 g/mol. The van der Waals surface area contributed by atoms with E-state index >= 15 is 0 Å². The molecule has 0 bridgehead atoms. The highest BCUT2D eigenvalue weighted by atomic mass is 16.5. The van der Waals surface area contributed by atoms with Gasteiger partial charge in [-0.2, -0.15) is 0 Å². The van der Waals surface area contributed by atoms with Crippen LogP contribution in [0.25, 0.3) is 11.3 Å². The Balaban J connectivity index is 2.55. The molecule has 0 saturated heterocycles. The molecule has 0 radical (unpaired) electrons. The maximum absolute atomic E-state index is 9.41. The molecule has 0 aliphatic carbocycles. The molecule has 5 heteroatoms. The summed E-state index contributed by atoms with van der Waals surface area (Å²) < 4.78 is 4.71. The van der Waals surface area contributed by atoms with Crippen molar-refractivity contribution in [1.29, 1.82) is 0 Å². The van der Waals surface area contributed by atoms with Gasteiger partial charge in [0.25, 0.3) is 0 Å². The van der Waals surface area contributed by atoms with Crippen molar-refractivity contribution in [1.82, 2.24) is 5.16 Å². The van der Waals surface area contributed by atoms with E-state index in [0.29, 0.717) is 16.8 Å². The molecule has 0 aliphatic rings. The topological polar surface area (TPSA) is 92.5 Å². The predicted octanol–water partition coefficient (Wildman–Crippen LogP) is 1.64. The Hall–Kier alpha value is -2.17. The van der Waals surface area contributed by atoms with Crippen LogP contribution in [-0.2, 0) is 0 Å². The smallest absolute Gasteiger partial charge is 0.222 e. The molecule has 0 saturated carbocycles. The molecule has 0 atom stereocenters. The first-order valence-corrected chi connectivity index (χ1v) is 4.33. The van der Waals surface area contributed by atoms with Crippen LogP contribution in [0.1, 0.15) is 5.56 Å². The fourth-order valence-electron chi connectivity index (χ4n) is 1.33. The molecule has 0 amide bonds. The standard InChI is InChI=1S/C10H10N2O3/c1-5-2-6(3-8(13)10(5)14)7-4-9(11)15-12-7/h2-4,13-14H,11H2,1H3. The third-order valence-corrected chi connectivity index (χ3v) is 2.10. The molecule has 0 fully saturated rings. The Labute approximate surface area is 85.7 Å². The van der Waals surface area contributed by atoms with Gasteiger partial charge in [-0.25, -0.2) is 0 Å². The highest BCUT2D eigenvalue weighted by molar-refractivity contribution is 5.66. The molecule has 0 spiro atoms. The predicted molar refractivity (Wildman–Crippen MR) is 54.4 cm³/mol. The number of hydrogen-bond acceptors (Lipinski definition) is 5. The summed E-state index contributed by atoms with van der Waals surface area (Å²) in [6.45, 7) is 1.68. The molecule has 15 heavy (non-hydrogen) atoms. The molecular formula is C10H10N2O3. The van der Waals surface area contributed by atoms with Gasteiger partial charge in [0.15, 0.2) is 11.5 Å². The lowest BCUT2D eigenvalue weighted by atomic mass is 10.1. The van der Waals surface area contributed by atoms with Gasteiger partial charge in [0.05, 0.1) is 0 Å². The number of anilines is 1. The Morgan fingerprint density at radius 1 is 1.27 bits per heavy atom. The number of aryl methyl sites for hydroxylation is 1. The number of rotatable bonds is 1. The molecule has 1 aromatic heterocycles. The molecule has 78 valence electrons. The fourth-order valence-corrected chi connectivity index (χ4v) is 1.33. The van der Waals surface area contributed by atoms with Crippen molar-refractivity contribution in [2.45, 2.75) is 6.92 Å². The number of aromatic nitrogens is 1. The lowest BCUT2D eigenvalue weighted by Gasteiger charge is -2.03.